The summed E-state index contributed by atoms with van der Waals surface area (Å²) in [7, 11) is 0. The van der Waals surface area contributed by atoms with Crippen LogP contribution in [-0.4, -0.2) is 17.5 Å². The summed E-state index contributed by atoms with van der Waals surface area (Å²) in [6, 6.07) is 5.61. The van der Waals surface area contributed by atoms with Crippen molar-refractivity contribution in [2.75, 3.05) is 4.90 Å². The van der Waals surface area contributed by atoms with Crippen LogP contribution >= 0.6 is 11.6 Å². The summed E-state index contributed by atoms with van der Waals surface area (Å²) in [5.74, 6) is 5.81. The highest BCUT2D eigenvalue weighted by atomic mass is 35.5. The first-order chi connectivity index (χ1) is 10.2. The molecule has 0 saturated heterocycles. The Hall–Kier alpha value is -1.26. The van der Waals surface area contributed by atoms with Crippen molar-refractivity contribution in [2.45, 2.75) is 58.5 Å². The number of hydrogen-bond acceptors (Lipinski definition) is 3. The first-order valence-corrected chi connectivity index (χ1v) is 8.16. The van der Waals surface area contributed by atoms with Crippen LogP contribution in [0.3, 0.4) is 0 Å². The van der Waals surface area contributed by atoms with Gasteiger partial charge in [-0.15, -0.1) is 0 Å². The lowest BCUT2D eigenvalue weighted by Gasteiger charge is -2.51. The van der Waals surface area contributed by atoms with Crippen molar-refractivity contribution in [1.82, 2.24) is 5.43 Å². The number of fused-ring (bicyclic) bond motifs is 1. The zero-order valence-electron chi connectivity index (χ0n) is 14.0. The molecule has 0 spiro atoms. The molecule has 1 aromatic rings. The Labute approximate surface area is 138 Å². The van der Waals surface area contributed by atoms with Crippen molar-refractivity contribution >= 4 is 23.2 Å². The van der Waals surface area contributed by atoms with E-state index in [2.05, 4.69) is 31.1 Å². The molecule has 5 heteroatoms. The number of carbonyl (C=O) groups excluding carboxylic acids is 1. The molecular weight excluding hydrogens is 298 g/mol. The average molecular weight is 324 g/mol. The van der Waals surface area contributed by atoms with Gasteiger partial charge in [0.2, 0.25) is 0 Å². The molecular formula is C17H26ClN3O. The number of nitrogens with zero attached hydrogens (tertiary/aromatic N) is 1. The second-order valence-corrected chi connectivity index (χ2v) is 7.62. The summed E-state index contributed by atoms with van der Waals surface area (Å²) in [4.78, 5) is 14.6. The number of nitrogens with one attached hydrogen (secondary N) is 1. The Morgan fingerprint density at radius 3 is 2.64 bits per heavy atom. The maximum atomic E-state index is 12.4. The van der Waals surface area contributed by atoms with Crippen LogP contribution < -0.4 is 16.2 Å². The lowest BCUT2D eigenvalue weighted by atomic mass is 9.78. The van der Waals surface area contributed by atoms with E-state index in [0.29, 0.717) is 5.92 Å². The fourth-order valence-corrected chi connectivity index (χ4v) is 3.93. The second-order valence-electron chi connectivity index (χ2n) is 7.19. The van der Waals surface area contributed by atoms with Crippen molar-refractivity contribution in [3.05, 3.63) is 28.8 Å². The third kappa shape index (κ3) is 2.95. The summed E-state index contributed by atoms with van der Waals surface area (Å²) >= 11 is 6.17. The van der Waals surface area contributed by atoms with Crippen LogP contribution in [0.25, 0.3) is 0 Å². The average Bonchev–Trinajstić information content (AvgIpc) is 2.42. The molecule has 3 N–H and O–H groups in total. The molecule has 0 fully saturated rings. The number of amides is 1. The van der Waals surface area contributed by atoms with Crippen LogP contribution in [0.2, 0.25) is 5.02 Å². The quantitative estimate of drug-likeness (QED) is 0.509. The van der Waals surface area contributed by atoms with E-state index < -0.39 is 0 Å². The Kier molecular flexibility index (Phi) is 4.73. The van der Waals surface area contributed by atoms with Gasteiger partial charge in [-0.3, -0.25) is 10.2 Å². The van der Waals surface area contributed by atoms with Gasteiger partial charge in [0.1, 0.15) is 6.04 Å². The largest absolute Gasteiger partial charge is 0.354 e. The number of carbonyl (C=O) groups is 1. The lowest BCUT2D eigenvalue weighted by molar-refractivity contribution is -0.123. The van der Waals surface area contributed by atoms with Gasteiger partial charge in [-0.25, -0.2) is 5.84 Å². The SMILES string of the molecule is CC(C)[C@H](C(=O)NN)N1c2ccc(Cl)cc2[C@H](C)CC1(C)C. The molecule has 0 bridgehead atoms. The van der Waals surface area contributed by atoms with Crippen molar-refractivity contribution in [2.24, 2.45) is 11.8 Å². The molecule has 122 valence electrons. The third-order valence-corrected chi connectivity index (χ3v) is 4.79. The lowest BCUT2D eigenvalue weighted by Crippen LogP contribution is -2.61. The highest BCUT2D eigenvalue weighted by Gasteiger charge is 2.43. The van der Waals surface area contributed by atoms with Crippen molar-refractivity contribution in [3.8, 4) is 0 Å². The summed E-state index contributed by atoms with van der Waals surface area (Å²) < 4.78 is 0. The number of benzene rings is 1. The fourth-order valence-electron chi connectivity index (χ4n) is 3.75. The molecule has 1 aromatic carbocycles. The van der Waals surface area contributed by atoms with Gasteiger partial charge in [0, 0.05) is 16.2 Å². The normalized spacial score (nSPS) is 21.5. The Bertz CT molecular complexity index is 571. The van der Waals surface area contributed by atoms with E-state index in [1.807, 2.05) is 32.0 Å². The standard InChI is InChI=1S/C17H26ClN3O/c1-10(2)15(16(22)20-19)21-14-7-6-12(18)8-13(14)11(3)9-17(21,4)5/h6-8,10-11,15H,9,19H2,1-5H3,(H,20,22)/t11-,15-/m1/s1. The van der Waals surface area contributed by atoms with Crippen molar-refractivity contribution in [3.63, 3.8) is 0 Å². The van der Waals surface area contributed by atoms with Crippen molar-refractivity contribution < 1.29 is 4.79 Å². The van der Waals surface area contributed by atoms with Gasteiger partial charge >= 0.3 is 0 Å². The molecule has 1 heterocycles. The van der Waals surface area contributed by atoms with Crippen LogP contribution in [0, 0.1) is 5.92 Å². The van der Waals surface area contributed by atoms with Gasteiger partial charge in [-0.2, -0.15) is 0 Å². The molecule has 0 unspecified atom stereocenters. The summed E-state index contributed by atoms with van der Waals surface area (Å²) in [6.45, 7) is 10.7. The van der Waals surface area contributed by atoms with E-state index in [1.165, 1.54) is 5.56 Å². The molecule has 0 aromatic heterocycles. The zero-order chi connectivity index (χ0) is 16.7. The molecule has 0 saturated carbocycles. The highest BCUT2D eigenvalue weighted by Crippen LogP contribution is 2.46. The Morgan fingerprint density at radius 2 is 2.09 bits per heavy atom. The van der Waals surface area contributed by atoms with Crippen LogP contribution in [-0.2, 0) is 4.79 Å². The predicted octanol–water partition coefficient (Wildman–Crippen LogP) is 3.45. The third-order valence-electron chi connectivity index (χ3n) is 4.56. The van der Waals surface area contributed by atoms with Crippen molar-refractivity contribution in [1.29, 1.82) is 0 Å². The highest BCUT2D eigenvalue weighted by molar-refractivity contribution is 6.30. The minimum Gasteiger partial charge on any atom is -0.354 e. The molecule has 0 radical (unpaired) electrons. The molecule has 0 aliphatic carbocycles. The topological polar surface area (TPSA) is 58.4 Å². The van der Waals surface area contributed by atoms with Gasteiger partial charge < -0.3 is 4.90 Å². The minimum atomic E-state index is -0.313. The molecule has 1 aliphatic heterocycles. The fraction of sp³-hybridized carbons (Fsp3) is 0.588. The Balaban J connectivity index is 2.61. The van der Waals surface area contributed by atoms with Gasteiger partial charge in [0.15, 0.2) is 0 Å². The first-order valence-electron chi connectivity index (χ1n) is 7.78. The van der Waals surface area contributed by atoms with E-state index in [9.17, 15) is 4.79 Å². The van der Waals surface area contributed by atoms with Crippen LogP contribution in [0.4, 0.5) is 5.69 Å². The number of anilines is 1. The monoisotopic (exact) mass is 323 g/mol. The number of hydrogen-bond donors (Lipinski definition) is 2. The van der Waals surface area contributed by atoms with E-state index in [1.54, 1.807) is 0 Å². The van der Waals surface area contributed by atoms with E-state index >= 15 is 0 Å². The van der Waals surface area contributed by atoms with Crippen LogP contribution in [0.15, 0.2) is 18.2 Å². The number of hydrazine groups is 1. The van der Waals surface area contributed by atoms with E-state index in [4.69, 9.17) is 17.4 Å². The van der Waals surface area contributed by atoms with E-state index in [-0.39, 0.29) is 23.4 Å². The molecule has 22 heavy (non-hydrogen) atoms. The summed E-state index contributed by atoms with van der Waals surface area (Å²) in [6.07, 6.45) is 0.960. The van der Waals surface area contributed by atoms with Gasteiger partial charge in [-0.05, 0) is 55.9 Å². The molecule has 1 amide bonds. The van der Waals surface area contributed by atoms with E-state index in [0.717, 1.165) is 17.1 Å². The van der Waals surface area contributed by atoms with Crippen LogP contribution in [0.1, 0.15) is 52.5 Å². The second kappa shape index (κ2) is 6.09. The smallest absolute Gasteiger partial charge is 0.256 e. The molecule has 1 aliphatic rings. The first kappa shape index (κ1) is 17.1. The van der Waals surface area contributed by atoms with Gasteiger partial charge in [-0.1, -0.05) is 32.4 Å². The summed E-state index contributed by atoms with van der Waals surface area (Å²) in [5, 5.41) is 0.731. The van der Waals surface area contributed by atoms with Gasteiger partial charge in [0.25, 0.3) is 5.91 Å². The predicted molar refractivity (Wildman–Crippen MR) is 92.0 cm³/mol. The van der Waals surface area contributed by atoms with Gasteiger partial charge in [0.05, 0.1) is 0 Å². The minimum absolute atomic E-state index is 0.137. The number of halogens is 1. The van der Waals surface area contributed by atoms with Crippen LogP contribution in [0.5, 0.6) is 0 Å². The summed E-state index contributed by atoms with van der Waals surface area (Å²) in [5.41, 5.74) is 4.47. The molecule has 4 nitrogen and oxygen atoms in total. The molecule has 2 atom stereocenters. The number of nitrogens with two attached hydrogens (primary N) is 1. The zero-order valence-corrected chi connectivity index (χ0v) is 14.7. The maximum Gasteiger partial charge on any atom is 0.256 e. The number of rotatable bonds is 3. The maximum absolute atomic E-state index is 12.4. The Morgan fingerprint density at radius 1 is 1.45 bits per heavy atom. The molecule has 2 rings (SSSR count).